The van der Waals surface area contributed by atoms with Gasteiger partial charge in [-0.25, -0.2) is 0 Å². The van der Waals surface area contributed by atoms with Crippen LogP contribution in [0.15, 0.2) is 0 Å². The first-order valence-corrected chi connectivity index (χ1v) is 7.00. The maximum absolute atomic E-state index is 11.8. The van der Waals surface area contributed by atoms with E-state index in [2.05, 4.69) is 15.5 Å². The van der Waals surface area contributed by atoms with Gasteiger partial charge in [0.15, 0.2) is 0 Å². The number of carbonyl (C=O) groups excluding carboxylic acids is 1. The average Bonchev–Trinajstić information content (AvgIpc) is 2.07. The summed E-state index contributed by atoms with van der Waals surface area (Å²) in [6, 6.07) is 0. The predicted octanol–water partition coefficient (Wildman–Crippen LogP) is 0.833. The van der Waals surface area contributed by atoms with Crippen LogP contribution in [0, 0.1) is 11.3 Å². The molecule has 2 rings (SSSR count). The van der Waals surface area contributed by atoms with Crippen molar-refractivity contribution >= 4 is 5.91 Å². The molecule has 0 aromatic heterocycles. The van der Waals surface area contributed by atoms with E-state index in [1.54, 1.807) is 0 Å². The summed E-state index contributed by atoms with van der Waals surface area (Å²) in [5.41, 5.74) is 0.442. The highest BCUT2D eigenvalue weighted by Crippen LogP contribution is 2.51. The van der Waals surface area contributed by atoms with Crippen molar-refractivity contribution in [3.05, 3.63) is 0 Å². The van der Waals surface area contributed by atoms with E-state index in [4.69, 9.17) is 0 Å². The van der Waals surface area contributed by atoms with Crippen molar-refractivity contribution in [1.82, 2.24) is 15.5 Å². The van der Waals surface area contributed by atoms with Crippen LogP contribution in [0.25, 0.3) is 0 Å². The topological polar surface area (TPSA) is 44.4 Å². The van der Waals surface area contributed by atoms with E-state index in [9.17, 15) is 4.79 Å². The second-order valence-electron chi connectivity index (χ2n) is 7.28. The third-order valence-electron chi connectivity index (χ3n) is 3.94. The van der Waals surface area contributed by atoms with Gasteiger partial charge in [0.05, 0.1) is 6.54 Å². The SMILES string of the molecule is CNCC1CC2(C1)CN(CC(=O)NC(C)(C)C)C2. The van der Waals surface area contributed by atoms with E-state index >= 15 is 0 Å². The van der Waals surface area contributed by atoms with E-state index in [-0.39, 0.29) is 11.4 Å². The summed E-state index contributed by atoms with van der Waals surface area (Å²) in [5, 5.41) is 6.27. The Kier molecular flexibility index (Phi) is 3.70. The van der Waals surface area contributed by atoms with Gasteiger partial charge in [-0.2, -0.15) is 0 Å². The monoisotopic (exact) mass is 253 g/mol. The third kappa shape index (κ3) is 3.23. The maximum atomic E-state index is 11.8. The van der Waals surface area contributed by atoms with E-state index in [1.165, 1.54) is 12.8 Å². The van der Waals surface area contributed by atoms with Gasteiger partial charge in [0.1, 0.15) is 0 Å². The first kappa shape index (κ1) is 13.8. The molecule has 2 N–H and O–H groups in total. The first-order valence-electron chi connectivity index (χ1n) is 7.00. The van der Waals surface area contributed by atoms with Crippen LogP contribution in [0.2, 0.25) is 0 Å². The quantitative estimate of drug-likeness (QED) is 0.780. The smallest absolute Gasteiger partial charge is 0.234 e. The molecule has 1 saturated heterocycles. The number of carbonyl (C=O) groups is 1. The Balaban J connectivity index is 1.64. The lowest BCUT2D eigenvalue weighted by Gasteiger charge is -2.59. The Hall–Kier alpha value is -0.610. The summed E-state index contributed by atoms with van der Waals surface area (Å²) < 4.78 is 0. The van der Waals surface area contributed by atoms with Gasteiger partial charge < -0.3 is 10.6 Å². The summed E-state index contributed by atoms with van der Waals surface area (Å²) in [7, 11) is 2.02. The summed E-state index contributed by atoms with van der Waals surface area (Å²) in [5.74, 6) is 1.02. The number of likely N-dealkylation sites (tertiary alicyclic amines) is 1. The van der Waals surface area contributed by atoms with Crippen molar-refractivity contribution in [1.29, 1.82) is 0 Å². The molecule has 0 unspecified atom stereocenters. The van der Waals surface area contributed by atoms with Crippen LogP contribution in [-0.2, 0) is 4.79 Å². The minimum atomic E-state index is -0.117. The van der Waals surface area contributed by atoms with Crippen LogP contribution < -0.4 is 10.6 Å². The van der Waals surface area contributed by atoms with Gasteiger partial charge in [-0.05, 0) is 58.5 Å². The maximum Gasteiger partial charge on any atom is 0.234 e. The standard InChI is InChI=1S/C14H27N3O/c1-13(2,3)16-12(18)8-17-9-14(10-17)5-11(6-14)7-15-4/h11,15H,5-10H2,1-4H3,(H,16,18). The lowest BCUT2D eigenvalue weighted by molar-refractivity contribution is -0.133. The largest absolute Gasteiger partial charge is 0.350 e. The number of rotatable bonds is 4. The molecule has 0 aromatic rings. The van der Waals surface area contributed by atoms with Crippen LogP contribution in [0.3, 0.4) is 0 Å². The minimum Gasteiger partial charge on any atom is -0.350 e. The van der Waals surface area contributed by atoms with Gasteiger partial charge in [0.2, 0.25) is 5.91 Å². The number of hydrogen-bond donors (Lipinski definition) is 2. The van der Waals surface area contributed by atoms with Crippen molar-refractivity contribution in [3.8, 4) is 0 Å². The molecular weight excluding hydrogens is 226 g/mol. The Labute approximate surface area is 110 Å². The fourth-order valence-electron chi connectivity index (χ4n) is 3.53. The van der Waals surface area contributed by atoms with Gasteiger partial charge in [0, 0.05) is 18.6 Å². The number of nitrogens with one attached hydrogen (secondary N) is 2. The number of amides is 1. The second-order valence-corrected chi connectivity index (χ2v) is 7.28. The third-order valence-corrected chi connectivity index (χ3v) is 3.94. The Morgan fingerprint density at radius 2 is 1.94 bits per heavy atom. The molecule has 1 spiro atoms. The van der Waals surface area contributed by atoms with Crippen LogP contribution in [-0.4, -0.2) is 49.6 Å². The normalized spacial score (nSPS) is 23.6. The summed E-state index contributed by atoms with van der Waals surface area (Å²) >= 11 is 0. The van der Waals surface area contributed by atoms with Gasteiger partial charge in [-0.15, -0.1) is 0 Å². The molecule has 1 amide bonds. The molecule has 0 aromatic carbocycles. The highest BCUT2D eigenvalue weighted by molar-refractivity contribution is 5.78. The van der Waals surface area contributed by atoms with Gasteiger partial charge in [0.25, 0.3) is 0 Å². The fourth-order valence-corrected chi connectivity index (χ4v) is 3.53. The number of nitrogens with zero attached hydrogens (tertiary/aromatic N) is 1. The molecule has 2 aliphatic rings. The van der Waals surface area contributed by atoms with Gasteiger partial charge in [-0.3, -0.25) is 9.69 Å². The van der Waals surface area contributed by atoms with Crippen molar-refractivity contribution in [2.24, 2.45) is 11.3 Å². The zero-order chi connectivity index (χ0) is 13.4. The lowest BCUT2D eigenvalue weighted by Crippen LogP contribution is -2.64. The lowest BCUT2D eigenvalue weighted by atomic mass is 9.57. The Bertz CT molecular complexity index is 307. The predicted molar refractivity (Wildman–Crippen MR) is 73.4 cm³/mol. The van der Waals surface area contributed by atoms with E-state index in [1.807, 2.05) is 27.8 Å². The van der Waals surface area contributed by atoms with Crippen LogP contribution in [0.5, 0.6) is 0 Å². The van der Waals surface area contributed by atoms with Crippen molar-refractivity contribution in [3.63, 3.8) is 0 Å². The molecule has 2 fully saturated rings. The van der Waals surface area contributed by atoms with Gasteiger partial charge >= 0.3 is 0 Å². The molecule has 1 heterocycles. The zero-order valence-corrected chi connectivity index (χ0v) is 12.2. The van der Waals surface area contributed by atoms with Crippen molar-refractivity contribution in [2.75, 3.05) is 33.2 Å². The molecular formula is C14H27N3O. The molecule has 104 valence electrons. The van der Waals surface area contributed by atoms with Crippen LogP contribution >= 0.6 is 0 Å². The van der Waals surface area contributed by atoms with Gasteiger partial charge in [-0.1, -0.05) is 0 Å². The minimum absolute atomic E-state index is 0.117. The zero-order valence-electron chi connectivity index (χ0n) is 12.2. The summed E-state index contributed by atoms with van der Waals surface area (Å²) in [6.07, 6.45) is 2.68. The molecule has 4 nitrogen and oxygen atoms in total. The summed E-state index contributed by atoms with van der Waals surface area (Å²) in [4.78, 5) is 14.1. The van der Waals surface area contributed by atoms with E-state index in [0.29, 0.717) is 12.0 Å². The van der Waals surface area contributed by atoms with Crippen LogP contribution in [0.4, 0.5) is 0 Å². The Morgan fingerprint density at radius 1 is 1.33 bits per heavy atom. The molecule has 1 aliphatic heterocycles. The molecule has 0 atom stereocenters. The number of hydrogen-bond acceptors (Lipinski definition) is 3. The fraction of sp³-hybridized carbons (Fsp3) is 0.929. The average molecular weight is 253 g/mol. The van der Waals surface area contributed by atoms with Crippen molar-refractivity contribution in [2.45, 2.75) is 39.2 Å². The van der Waals surface area contributed by atoms with Crippen molar-refractivity contribution < 1.29 is 4.79 Å². The Morgan fingerprint density at radius 3 is 2.44 bits per heavy atom. The highest BCUT2D eigenvalue weighted by Gasteiger charge is 2.51. The van der Waals surface area contributed by atoms with Crippen LogP contribution in [0.1, 0.15) is 33.6 Å². The molecule has 0 bridgehead atoms. The van der Waals surface area contributed by atoms with E-state index < -0.39 is 0 Å². The molecule has 4 heteroatoms. The molecule has 1 saturated carbocycles. The molecule has 1 aliphatic carbocycles. The molecule has 18 heavy (non-hydrogen) atoms. The highest BCUT2D eigenvalue weighted by atomic mass is 16.2. The second kappa shape index (κ2) is 4.82. The first-order chi connectivity index (χ1) is 8.32. The van der Waals surface area contributed by atoms with E-state index in [0.717, 1.165) is 25.6 Å². The molecule has 0 radical (unpaired) electrons. The summed E-state index contributed by atoms with van der Waals surface area (Å²) in [6.45, 7) is 10.0.